The SMILES string of the molecule is COC1(Cc2nc3c(N)cccc3[nH]2)CCC1. The number of aromatic nitrogens is 2. The summed E-state index contributed by atoms with van der Waals surface area (Å²) in [5.74, 6) is 0.972. The average molecular weight is 231 g/mol. The van der Waals surface area contributed by atoms with Crippen molar-refractivity contribution in [2.75, 3.05) is 12.8 Å². The molecule has 1 saturated carbocycles. The highest BCUT2D eigenvalue weighted by molar-refractivity contribution is 5.86. The zero-order valence-electron chi connectivity index (χ0n) is 9.99. The molecule has 1 heterocycles. The van der Waals surface area contributed by atoms with Crippen molar-refractivity contribution >= 4 is 16.7 Å². The Hall–Kier alpha value is -1.55. The number of aromatic amines is 1. The Labute approximate surface area is 100 Å². The van der Waals surface area contributed by atoms with Gasteiger partial charge in [0.25, 0.3) is 0 Å². The average Bonchev–Trinajstić information content (AvgIpc) is 2.68. The van der Waals surface area contributed by atoms with Crippen molar-refractivity contribution in [1.82, 2.24) is 9.97 Å². The molecule has 1 aromatic carbocycles. The standard InChI is InChI=1S/C13H17N3O/c1-17-13(6-3-7-13)8-11-15-10-5-2-4-9(14)12(10)16-11/h2,4-5H,3,6-8,14H2,1H3,(H,15,16). The van der Waals surface area contributed by atoms with Gasteiger partial charge >= 0.3 is 0 Å². The Morgan fingerprint density at radius 1 is 1.47 bits per heavy atom. The van der Waals surface area contributed by atoms with Crippen molar-refractivity contribution in [2.24, 2.45) is 0 Å². The van der Waals surface area contributed by atoms with Gasteiger partial charge in [-0.3, -0.25) is 0 Å². The zero-order chi connectivity index (χ0) is 11.9. The number of fused-ring (bicyclic) bond motifs is 1. The molecule has 1 aromatic heterocycles. The van der Waals surface area contributed by atoms with Crippen molar-refractivity contribution in [2.45, 2.75) is 31.3 Å². The predicted molar refractivity (Wildman–Crippen MR) is 67.8 cm³/mol. The van der Waals surface area contributed by atoms with Gasteiger partial charge in [0.1, 0.15) is 11.3 Å². The number of methoxy groups -OCH3 is 1. The molecule has 0 amide bonds. The number of H-pyrrole nitrogens is 1. The fraction of sp³-hybridized carbons (Fsp3) is 0.462. The molecule has 4 heteroatoms. The summed E-state index contributed by atoms with van der Waals surface area (Å²) in [6, 6.07) is 5.82. The minimum atomic E-state index is 0.00262. The third-order valence-electron chi connectivity index (χ3n) is 3.78. The van der Waals surface area contributed by atoms with E-state index in [1.807, 2.05) is 18.2 Å². The number of rotatable bonds is 3. The number of nitrogen functional groups attached to an aromatic ring is 1. The first-order valence-corrected chi connectivity index (χ1v) is 6.01. The van der Waals surface area contributed by atoms with Crippen LogP contribution in [-0.4, -0.2) is 22.7 Å². The third-order valence-corrected chi connectivity index (χ3v) is 3.78. The number of nitrogens with two attached hydrogens (primary N) is 1. The number of hydrogen-bond acceptors (Lipinski definition) is 3. The molecule has 4 nitrogen and oxygen atoms in total. The summed E-state index contributed by atoms with van der Waals surface area (Å²) in [6.45, 7) is 0. The molecule has 1 aliphatic rings. The first-order valence-electron chi connectivity index (χ1n) is 6.01. The van der Waals surface area contributed by atoms with E-state index in [0.717, 1.165) is 41.8 Å². The molecule has 1 fully saturated rings. The molecule has 0 atom stereocenters. The molecule has 2 aromatic rings. The van der Waals surface area contributed by atoms with Crippen molar-refractivity contribution in [3.8, 4) is 0 Å². The second-order valence-electron chi connectivity index (χ2n) is 4.84. The maximum absolute atomic E-state index is 5.90. The highest BCUT2D eigenvalue weighted by atomic mass is 16.5. The lowest BCUT2D eigenvalue weighted by atomic mass is 9.77. The van der Waals surface area contributed by atoms with Crippen LogP contribution in [0.3, 0.4) is 0 Å². The van der Waals surface area contributed by atoms with Gasteiger partial charge in [-0.1, -0.05) is 6.07 Å². The molecule has 0 bridgehead atoms. The van der Waals surface area contributed by atoms with E-state index in [-0.39, 0.29) is 5.60 Å². The van der Waals surface area contributed by atoms with Crippen LogP contribution in [0.25, 0.3) is 11.0 Å². The van der Waals surface area contributed by atoms with Crippen LogP contribution >= 0.6 is 0 Å². The normalized spacial score (nSPS) is 18.2. The van der Waals surface area contributed by atoms with Crippen LogP contribution in [0.15, 0.2) is 18.2 Å². The first-order chi connectivity index (χ1) is 8.22. The number of hydrogen-bond donors (Lipinski definition) is 2. The molecule has 0 saturated heterocycles. The zero-order valence-corrected chi connectivity index (χ0v) is 9.99. The third kappa shape index (κ3) is 1.69. The van der Waals surface area contributed by atoms with E-state index in [9.17, 15) is 0 Å². The fourth-order valence-electron chi connectivity index (χ4n) is 2.52. The minimum absolute atomic E-state index is 0.00262. The van der Waals surface area contributed by atoms with Crippen molar-refractivity contribution in [3.63, 3.8) is 0 Å². The van der Waals surface area contributed by atoms with Crippen LogP contribution in [0.1, 0.15) is 25.1 Å². The number of ether oxygens (including phenoxy) is 1. The van der Waals surface area contributed by atoms with Gasteiger partial charge < -0.3 is 15.5 Å². The number of nitrogens with zero attached hydrogens (tertiary/aromatic N) is 1. The van der Waals surface area contributed by atoms with Gasteiger partial charge in [0.2, 0.25) is 0 Å². The molecule has 0 aliphatic heterocycles. The summed E-state index contributed by atoms with van der Waals surface area (Å²) in [4.78, 5) is 7.89. The van der Waals surface area contributed by atoms with Crippen molar-refractivity contribution < 1.29 is 4.74 Å². The lowest BCUT2D eigenvalue weighted by molar-refractivity contribution is -0.0719. The Morgan fingerprint density at radius 2 is 2.29 bits per heavy atom. The van der Waals surface area contributed by atoms with E-state index in [0.29, 0.717) is 0 Å². The smallest absolute Gasteiger partial charge is 0.111 e. The van der Waals surface area contributed by atoms with Crippen LogP contribution in [0.5, 0.6) is 0 Å². The Kier molecular flexibility index (Phi) is 2.33. The van der Waals surface area contributed by atoms with E-state index in [1.54, 1.807) is 7.11 Å². The lowest BCUT2D eigenvalue weighted by Gasteiger charge is -2.39. The predicted octanol–water partition coefficient (Wildman–Crippen LogP) is 2.26. The molecule has 0 radical (unpaired) electrons. The second-order valence-corrected chi connectivity index (χ2v) is 4.84. The molecular formula is C13H17N3O. The molecule has 1 aliphatic carbocycles. The molecule has 17 heavy (non-hydrogen) atoms. The Morgan fingerprint density at radius 3 is 2.88 bits per heavy atom. The van der Waals surface area contributed by atoms with Gasteiger partial charge in [0.15, 0.2) is 0 Å². The van der Waals surface area contributed by atoms with Crippen molar-refractivity contribution in [3.05, 3.63) is 24.0 Å². The second kappa shape index (κ2) is 3.74. The summed E-state index contributed by atoms with van der Waals surface area (Å²) in [7, 11) is 1.79. The molecule has 0 spiro atoms. The van der Waals surface area contributed by atoms with Gasteiger partial charge in [-0.15, -0.1) is 0 Å². The van der Waals surface area contributed by atoms with Gasteiger partial charge in [0, 0.05) is 13.5 Å². The monoisotopic (exact) mass is 231 g/mol. The first kappa shape index (κ1) is 10.6. The van der Waals surface area contributed by atoms with Crippen LogP contribution < -0.4 is 5.73 Å². The van der Waals surface area contributed by atoms with E-state index in [1.165, 1.54) is 6.42 Å². The summed E-state index contributed by atoms with van der Waals surface area (Å²) < 4.78 is 5.61. The molecule has 90 valence electrons. The van der Waals surface area contributed by atoms with Gasteiger partial charge in [-0.2, -0.15) is 0 Å². The lowest BCUT2D eigenvalue weighted by Crippen LogP contribution is -2.41. The van der Waals surface area contributed by atoms with E-state index >= 15 is 0 Å². The van der Waals surface area contributed by atoms with E-state index < -0.39 is 0 Å². The van der Waals surface area contributed by atoms with E-state index in [2.05, 4.69) is 9.97 Å². The molecule has 0 unspecified atom stereocenters. The highest BCUT2D eigenvalue weighted by Gasteiger charge is 2.37. The summed E-state index contributed by atoms with van der Waals surface area (Å²) in [5.41, 5.74) is 8.50. The van der Waals surface area contributed by atoms with Gasteiger partial charge in [-0.05, 0) is 31.4 Å². The van der Waals surface area contributed by atoms with Crippen molar-refractivity contribution in [1.29, 1.82) is 0 Å². The maximum atomic E-state index is 5.90. The Balaban J connectivity index is 1.93. The van der Waals surface area contributed by atoms with Gasteiger partial charge in [-0.25, -0.2) is 4.98 Å². The van der Waals surface area contributed by atoms with Crippen LogP contribution in [0, 0.1) is 0 Å². The summed E-state index contributed by atoms with van der Waals surface area (Å²) in [6.07, 6.45) is 4.33. The maximum Gasteiger partial charge on any atom is 0.111 e. The van der Waals surface area contributed by atoms with Crippen LogP contribution in [0.4, 0.5) is 5.69 Å². The Bertz CT molecular complexity index is 537. The topological polar surface area (TPSA) is 63.9 Å². The number of para-hydroxylation sites is 1. The van der Waals surface area contributed by atoms with Crippen LogP contribution in [0.2, 0.25) is 0 Å². The number of imidazole rings is 1. The summed E-state index contributed by atoms with van der Waals surface area (Å²) >= 11 is 0. The van der Waals surface area contributed by atoms with Crippen LogP contribution in [-0.2, 0) is 11.2 Å². The largest absolute Gasteiger partial charge is 0.397 e. The number of nitrogens with one attached hydrogen (secondary N) is 1. The summed E-state index contributed by atoms with van der Waals surface area (Å²) in [5, 5.41) is 0. The quantitative estimate of drug-likeness (QED) is 0.796. The minimum Gasteiger partial charge on any atom is -0.397 e. The van der Waals surface area contributed by atoms with E-state index in [4.69, 9.17) is 10.5 Å². The fourth-order valence-corrected chi connectivity index (χ4v) is 2.52. The number of benzene rings is 1. The molecule has 3 rings (SSSR count). The molecular weight excluding hydrogens is 214 g/mol. The van der Waals surface area contributed by atoms with Gasteiger partial charge in [0.05, 0.1) is 16.8 Å². The highest BCUT2D eigenvalue weighted by Crippen LogP contribution is 2.37. The molecule has 3 N–H and O–H groups in total. The number of anilines is 1.